The monoisotopic (exact) mass is 345 g/mol. The summed E-state index contributed by atoms with van der Waals surface area (Å²) in [7, 11) is 3.07. The number of fused-ring (bicyclic) bond motifs is 3. The average Bonchev–Trinajstić information content (AvgIpc) is 3.01. The minimum absolute atomic E-state index is 0.329. The lowest BCUT2D eigenvalue weighted by atomic mass is 10.1. The first-order valence-electron chi connectivity index (χ1n) is 8.43. The molecule has 3 aromatic carbocycles. The second kappa shape index (κ2) is 6.56. The van der Waals surface area contributed by atoms with Gasteiger partial charge in [0.25, 0.3) is 0 Å². The molecular weight excluding hydrogens is 326 g/mol. The summed E-state index contributed by atoms with van der Waals surface area (Å²) >= 11 is 0. The summed E-state index contributed by atoms with van der Waals surface area (Å²) in [5.41, 5.74) is 3.83. The summed E-state index contributed by atoms with van der Waals surface area (Å²) in [5.74, 6) is 0.503. The van der Waals surface area contributed by atoms with Gasteiger partial charge in [-0.15, -0.1) is 0 Å². The number of methoxy groups -OCH3 is 2. The molecule has 130 valence electrons. The summed E-state index contributed by atoms with van der Waals surface area (Å²) in [5, 5.41) is 2.29. The van der Waals surface area contributed by atoms with Gasteiger partial charge in [-0.2, -0.15) is 0 Å². The van der Waals surface area contributed by atoms with Crippen molar-refractivity contribution in [2.45, 2.75) is 6.54 Å². The molecule has 0 saturated heterocycles. The van der Waals surface area contributed by atoms with Crippen LogP contribution in [-0.4, -0.2) is 24.8 Å². The van der Waals surface area contributed by atoms with Gasteiger partial charge in [-0.25, -0.2) is 4.79 Å². The molecule has 0 radical (unpaired) electrons. The first-order valence-corrected chi connectivity index (χ1v) is 8.43. The maximum absolute atomic E-state index is 12.0. The van der Waals surface area contributed by atoms with E-state index in [1.807, 2.05) is 48.5 Å². The van der Waals surface area contributed by atoms with Crippen molar-refractivity contribution in [3.63, 3.8) is 0 Å². The highest BCUT2D eigenvalue weighted by Crippen LogP contribution is 2.31. The maximum atomic E-state index is 12.0. The summed E-state index contributed by atoms with van der Waals surface area (Å²) < 4.78 is 12.5. The zero-order valence-electron chi connectivity index (χ0n) is 14.7. The molecule has 0 aliphatic carbocycles. The zero-order valence-corrected chi connectivity index (χ0v) is 14.7. The molecule has 0 unspecified atom stereocenters. The standard InChI is InChI=1S/C22H19NO3/c1-25-17-7-5-6-15(12-17)14-23-20-9-4-3-8-18(20)19-11-10-16(13-21(19)23)22(24)26-2/h3-13H,14H2,1-2H3. The Morgan fingerprint density at radius 1 is 0.885 bits per heavy atom. The van der Waals surface area contributed by atoms with Gasteiger partial charge in [0.15, 0.2) is 0 Å². The molecule has 0 amide bonds. The number of hydrogen-bond acceptors (Lipinski definition) is 3. The molecule has 1 heterocycles. The number of carbonyl (C=O) groups excluding carboxylic acids is 1. The largest absolute Gasteiger partial charge is 0.497 e. The Morgan fingerprint density at radius 3 is 2.50 bits per heavy atom. The van der Waals surface area contributed by atoms with Gasteiger partial charge in [-0.05, 0) is 35.9 Å². The third-order valence-electron chi connectivity index (χ3n) is 4.67. The predicted octanol–water partition coefficient (Wildman–Crippen LogP) is 4.64. The minimum atomic E-state index is -0.329. The van der Waals surface area contributed by atoms with Crippen LogP contribution in [-0.2, 0) is 11.3 Å². The van der Waals surface area contributed by atoms with E-state index in [4.69, 9.17) is 9.47 Å². The van der Waals surface area contributed by atoms with E-state index in [-0.39, 0.29) is 5.97 Å². The fourth-order valence-corrected chi connectivity index (χ4v) is 3.42. The van der Waals surface area contributed by atoms with E-state index in [1.165, 1.54) is 12.5 Å². The van der Waals surface area contributed by atoms with Crippen molar-refractivity contribution in [1.82, 2.24) is 4.57 Å². The Morgan fingerprint density at radius 2 is 1.69 bits per heavy atom. The van der Waals surface area contributed by atoms with E-state index in [1.54, 1.807) is 7.11 Å². The SMILES string of the molecule is COC(=O)c1ccc2c3ccccc3n(Cc3cccc(OC)c3)c2c1. The van der Waals surface area contributed by atoms with E-state index in [0.29, 0.717) is 12.1 Å². The highest BCUT2D eigenvalue weighted by molar-refractivity contribution is 6.09. The second-order valence-electron chi connectivity index (χ2n) is 6.18. The number of para-hydroxylation sites is 1. The van der Waals surface area contributed by atoms with Crippen LogP contribution in [0.3, 0.4) is 0 Å². The van der Waals surface area contributed by atoms with Crippen LogP contribution in [0.1, 0.15) is 15.9 Å². The van der Waals surface area contributed by atoms with Crippen molar-refractivity contribution in [2.24, 2.45) is 0 Å². The summed E-state index contributed by atoms with van der Waals surface area (Å²) in [6.07, 6.45) is 0. The molecule has 4 heteroatoms. The van der Waals surface area contributed by atoms with Crippen LogP contribution in [0.5, 0.6) is 5.75 Å². The van der Waals surface area contributed by atoms with E-state index >= 15 is 0 Å². The van der Waals surface area contributed by atoms with Crippen molar-refractivity contribution in [1.29, 1.82) is 0 Å². The molecule has 4 rings (SSSR count). The second-order valence-corrected chi connectivity index (χ2v) is 6.18. The lowest BCUT2D eigenvalue weighted by molar-refractivity contribution is 0.0601. The zero-order chi connectivity index (χ0) is 18.1. The molecule has 0 aliphatic heterocycles. The Labute approximate surface area is 151 Å². The van der Waals surface area contributed by atoms with Gasteiger partial charge in [0.2, 0.25) is 0 Å². The van der Waals surface area contributed by atoms with Gasteiger partial charge in [-0.3, -0.25) is 0 Å². The van der Waals surface area contributed by atoms with Crippen molar-refractivity contribution in [3.05, 3.63) is 77.9 Å². The van der Waals surface area contributed by atoms with E-state index in [9.17, 15) is 4.79 Å². The lowest BCUT2D eigenvalue weighted by Crippen LogP contribution is -2.03. The van der Waals surface area contributed by atoms with Gasteiger partial charge in [0.05, 0.1) is 25.3 Å². The predicted molar refractivity (Wildman–Crippen MR) is 103 cm³/mol. The normalized spacial score (nSPS) is 11.0. The topological polar surface area (TPSA) is 40.5 Å². The average molecular weight is 345 g/mol. The Balaban J connectivity index is 1.93. The molecule has 1 aromatic heterocycles. The van der Waals surface area contributed by atoms with Gasteiger partial charge in [-0.1, -0.05) is 36.4 Å². The van der Waals surface area contributed by atoms with Crippen molar-refractivity contribution < 1.29 is 14.3 Å². The van der Waals surface area contributed by atoms with Crippen LogP contribution in [0.2, 0.25) is 0 Å². The molecule has 4 aromatic rings. The number of esters is 1. The van der Waals surface area contributed by atoms with E-state index < -0.39 is 0 Å². The number of hydrogen-bond donors (Lipinski definition) is 0. The molecule has 0 fully saturated rings. The summed E-state index contributed by atoms with van der Waals surface area (Å²) in [4.78, 5) is 12.0. The molecule has 0 aliphatic rings. The Bertz CT molecular complexity index is 1110. The van der Waals surface area contributed by atoms with Crippen LogP contribution in [0, 0.1) is 0 Å². The lowest BCUT2D eigenvalue weighted by Gasteiger charge is -2.10. The quantitative estimate of drug-likeness (QED) is 0.506. The van der Waals surface area contributed by atoms with E-state index in [2.05, 4.69) is 22.8 Å². The highest BCUT2D eigenvalue weighted by atomic mass is 16.5. The Hall–Kier alpha value is -3.27. The van der Waals surface area contributed by atoms with Crippen molar-refractivity contribution in [3.8, 4) is 5.75 Å². The third-order valence-corrected chi connectivity index (χ3v) is 4.67. The fraction of sp³-hybridized carbons (Fsp3) is 0.136. The van der Waals surface area contributed by atoms with Crippen molar-refractivity contribution >= 4 is 27.8 Å². The molecular formula is C22H19NO3. The van der Waals surface area contributed by atoms with Gasteiger partial charge >= 0.3 is 5.97 Å². The molecule has 0 bridgehead atoms. The first kappa shape index (κ1) is 16.2. The number of ether oxygens (including phenoxy) is 2. The van der Waals surface area contributed by atoms with Crippen LogP contribution in [0.4, 0.5) is 0 Å². The van der Waals surface area contributed by atoms with E-state index in [0.717, 1.165) is 27.7 Å². The fourth-order valence-electron chi connectivity index (χ4n) is 3.42. The highest BCUT2D eigenvalue weighted by Gasteiger charge is 2.14. The number of nitrogens with zero attached hydrogens (tertiary/aromatic N) is 1. The molecule has 26 heavy (non-hydrogen) atoms. The maximum Gasteiger partial charge on any atom is 0.337 e. The molecule has 0 atom stereocenters. The van der Waals surface area contributed by atoms with Gasteiger partial charge < -0.3 is 14.0 Å². The molecule has 4 nitrogen and oxygen atoms in total. The summed E-state index contributed by atoms with van der Waals surface area (Å²) in [6.45, 7) is 0.686. The third kappa shape index (κ3) is 2.69. The number of carbonyl (C=O) groups is 1. The number of aromatic nitrogens is 1. The van der Waals surface area contributed by atoms with Gasteiger partial charge in [0.1, 0.15) is 5.75 Å². The van der Waals surface area contributed by atoms with Crippen LogP contribution in [0.15, 0.2) is 66.7 Å². The van der Waals surface area contributed by atoms with Crippen molar-refractivity contribution in [2.75, 3.05) is 14.2 Å². The van der Waals surface area contributed by atoms with Gasteiger partial charge in [0, 0.05) is 22.8 Å². The molecule has 0 spiro atoms. The Kier molecular flexibility index (Phi) is 4.09. The van der Waals surface area contributed by atoms with Crippen LogP contribution in [0.25, 0.3) is 21.8 Å². The number of benzene rings is 3. The first-order chi connectivity index (χ1) is 12.7. The van der Waals surface area contributed by atoms with Crippen LogP contribution < -0.4 is 4.74 Å². The minimum Gasteiger partial charge on any atom is -0.497 e. The molecule has 0 N–H and O–H groups in total. The molecule has 0 saturated carbocycles. The summed E-state index contributed by atoms with van der Waals surface area (Å²) in [6, 6.07) is 22.0. The smallest absolute Gasteiger partial charge is 0.337 e. The number of rotatable bonds is 4. The van der Waals surface area contributed by atoms with Crippen LogP contribution >= 0.6 is 0 Å².